The molecule has 0 spiro atoms. The summed E-state index contributed by atoms with van der Waals surface area (Å²) in [6.07, 6.45) is 4.09. The average molecular weight is 233 g/mol. The van der Waals surface area contributed by atoms with Crippen molar-refractivity contribution in [3.05, 3.63) is 17.0 Å². The molecule has 5 heteroatoms. The molecule has 1 aromatic rings. The lowest BCUT2D eigenvalue weighted by atomic mass is 10.1. The number of hydrogen-bond donors (Lipinski definition) is 1. The predicted octanol–water partition coefficient (Wildman–Crippen LogP) is 2.13. The molecule has 1 heterocycles. The maximum Gasteiger partial charge on any atom is 0.247 e. The molecule has 1 rings (SSSR count). The number of unbranched alkanes of at least 4 members (excludes halogenated alkanes) is 2. The van der Waals surface area contributed by atoms with E-state index in [0.29, 0.717) is 4.21 Å². The van der Waals surface area contributed by atoms with Gasteiger partial charge in [-0.2, -0.15) is 0 Å². The Bertz CT molecular complexity index is 381. The monoisotopic (exact) mass is 233 g/mol. The van der Waals surface area contributed by atoms with Gasteiger partial charge in [-0.25, -0.2) is 13.6 Å². The highest BCUT2D eigenvalue weighted by Gasteiger charge is 2.14. The Morgan fingerprint density at radius 3 is 2.71 bits per heavy atom. The lowest BCUT2D eigenvalue weighted by molar-refractivity contribution is 0.598. The van der Waals surface area contributed by atoms with Crippen molar-refractivity contribution in [3.63, 3.8) is 0 Å². The van der Waals surface area contributed by atoms with Crippen molar-refractivity contribution in [2.75, 3.05) is 0 Å². The highest BCUT2D eigenvalue weighted by Crippen LogP contribution is 2.22. The first-order chi connectivity index (χ1) is 6.55. The number of thiophene rings is 1. The molecule has 0 fully saturated rings. The van der Waals surface area contributed by atoms with Gasteiger partial charge in [-0.05, 0) is 29.9 Å². The molecule has 0 aliphatic heterocycles. The molecule has 3 nitrogen and oxygen atoms in total. The number of aryl methyl sites for hydroxylation is 1. The third-order valence-electron chi connectivity index (χ3n) is 2.01. The van der Waals surface area contributed by atoms with Crippen LogP contribution in [0.5, 0.6) is 0 Å². The van der Waals surface area contributed by atoms with Crippen molar-refractivity contribution in [2.24, 2.45) is 5.14 Å². The smallest absolute Gasteiger partial charge is 0.224 e. The van der Waals surface area contributed by atoms with Gasteiger partial charge in [0.05, 0.1) is 0 Å². The van der Waals surface area contributed by atoms with Gasteiger partial charge in [0.1, 0.15) is 4.21 Å². The summed E-state index contributed by atoms with van der Waals surface area (Å²) >= 11 is 1.20. The normalized spacial score (nSPS) is 11.9. The summed E-state index contributed by atoms with van der Waals surface area (Å²) in [5, 5.41) is 6.87. The van der Waals surface area contributed by atoms with Gasteiger partial charge < -0.3 is 0 Å². The Hall–Kier alpha value is -0.390. The lowest BCUT2D eigenvalue weighted by Gasteiger charge is -2.00. The van der Waals surface area contributed by atoms with E-state index in [2.05, 4.69) is 6.92 Å². The molecule has 0 saturated heterocycles. The van der Waals surface area contributed by atoms with Crippen LogP contribution in [0.15, 0.2) is 15.7 Å². The molecule has 0 aliphatic rings. The summed E-state index contributed by atoms with van der Waals surface area (Å²) in [5.41, 5.74) is 0.867. The van der Waals surface area contributed by atoms with Gasteiger partial charge in [0.25, 0.3) is 0 Å². The van der Waals surface area contributed by atoms with Crippen molar-refractivity contribution in [2.45, 2.75) is 36.8 Å². The molecule has 14 heavy (non-hydrogen) atoms. The number of nitrogens with two attached hydrogens (primary N) is 1. The van der Waals surface area contributed by atoms with Gasteiger partial charge in [0.15, 0.2) is 0 Å². The largest absolute Gasteiger partial charge is 0.247 e. The summed E-state index contributed by atoms with van der Waals surface area (Å²) in [4.78, 5) is 0. The standard InChI is InChI=1S/C9H15NO2S2/c1-2-3-4-5-8-6-7-13-9(8)14(10,11)12/h6-7H,2-5H2,1H3,(H2,10,11,12). The van der Waals surface area contributed by atoms with E-state index in [1.165, 1.54) is 11.3 Å². The maximum absolute atomic E-state index is 11.1. The quantitative estimate of drug-likeness (QED) is 0.792. The van der Waals surface area contributed by atoms with Crippen LogP contribution in [0.25, 0.3) is 0 Å². The molecule has 0 aliphatic carbocycles. The molecule has 0 aromatic carbocycles. The van der Waals surface area contributed by atoms with Crippen LogP contribution < -0.4 is 5.14 Å². The van der Waals surface area contributed by atoms with Gasteiger partial charge in [-0.1, -0.05) is 19.8 Å². The van der Waals surface area contributed by atoms with Crippen molar-refractivity contribution >= 4 is 21.4 Å². The van der Waals surface area contributed by atoms with E-state index in [1.54, 1.807) is 5.38 Å². The SMILES string of the molecule is CCCCCc1ccsc1S(N)(=O)=O. The van der Waals surface area contributed by atoms with Gasteiger partial charge in [0.2, 0.25) is 10.0 Å². The number of rotatable bonds is 5. The summed E-state index contributed by atoms with van der Waals surface area (Å²) in [7, 11) is -3.51. The van der Waals surface area contributed by atoms with Crippen LogP contribution in [0.4, 0.5) is 0 Å². The minimum atomic E-state index is -3.51. The van der Waals surface area contributed by atoms with E-state index in [0.717, 1.165) is 31.2 Å². The predicted molar refractivity (Wildman–Crippen MR) is 58.9 cm³/mol. The minimum Gasteiger partial charge on any atom is -0.224 e. The highest BCUT2D eigenvalue weighted by molar-refractivity contribution is 7.91. The van der Waals surface area contributed by atoms with Crippen molar-refractivity contribution in [1.82, 2.24) is 0 Å². The molecule has 0 atom stereocenters. The number of primary sulfonamides is 1. The zero-order chi connectivity index (χ0) is 10.6. The summed E-state index contributed by atoms with van der Waals surface area (Å²) in [6, 6.07) is 1.85. The third kappa shape index (κ3) is 3.08. The van der Waals surface area contributed by atoms with Gasteiger partial charge in [0, 0.05) is 0 Å². The second-order valence-corrected chi connectivity index (χ2v) is 5.91. The van der Waals surface area contributed by atoms with E-state index < -0.39 is 10.0 Å². The van der Waals surface area contributed by atoms with E-state index in [4.69, 9.17) is 5.14 Å². The Kier molecular flexibility index (Phi) is 4.10. The van der Waals surface area contributed by atoms with Gasteiger partial charge >= 0.3 is 0 Å². The van der Waals surface area contributed by atoms with Crippen LogP contribution in [-0.4, -0.2) is 8.42 Å². The first-order valence-corrected chi connectivity index (χ1v) is 7.07. The van der Waals surface area contributed by atoms with Crippen LogP contribution in [-0.2, 0) is 16.4 Å². The van der Waals surface area contributed by atoms with Crippen molar-refractivity contribution in [3.8, 4) is 0 Å². The molecule has 0 bridgehead atoms. The van der Waals surface area contributed by atoms with E-state index in [1.807, 2.05) is 6.07 Å². The highest BCUT2D eigenvalue weighted by atomic mass is 32.2. The van der Waals surface area contributed by atoms with E-state index in [-0.39, 0.29) is 0 Å². The van der Waals surface area contributed by atoms with Gasteiger partial charge in [-0.3, -0.25) is 0 Å². The molecule has 2 N–H and O–H groups in total. The van der Waals surface area contributed by atoms with Crippen LogP contribution in [0, 0.1) is 0 Å². The molecular formula is C9H15NO2S2. The third-order valence-corrected chi connectivity index (χ3v) is 4.53. The van der Waals surface area contributed by atoms with Crippen LogP contribution in [0.3, 0.4) is 0 Å². The molecule has 80 valence electrons. The minimum absolute atomic E-state index is 0.327. The molecular weight excluding hydrogens is 218 g/mol. The van der Waals surface area contributed by atoms with Crippen LogP contribution >= 0.6 is 11.3 Å². The average Bonchev–Trinajstić information content (AvgIpc) is 2.52. The zero-order valence-corrected chi connectivity index (χ0v) is 9.83. The number of sulfonamides is 1. The van der Waals surface area contributed by atoms with Gasteiger partial charge in [-0.15, -0.1) is 11.3 Å². The fourth-order valence-electron chi connectivity index (χ4n) is 1.32. The second-order valence-electron chi connectivity index (χ2n) is 3.24. The molecule has 0 radical (unpaired) electrons. The summed E-state index contributed by atoms with van der Waals surface area (Å²) in [5.74, 6) is 0. The Labute approximate surface area is 89.0 Å². The molecule has 0 amide bonds. The lowest BCUT2D eigenvalue weighted by Crippen LogP contribution is -2.12. The first-order valence-electron chi connectivity index (χ1n) is 4.65. The molecule has 1 aromatic heterocycles. The molecule has 0 unspecified atom stereocenters. The fourth-order valence-corrected chi connectivity index (χ4v) is 3.24. The van der Waals surface area contributed by atoms with Crippen molar-refractivity contribution < 1.29 is 8.42 Å². The van der Waals surface area contributed by atoms with E-state index >= 15 is 0 Å². The first kappa shape index (κ1) is 11.7. The Morgan fingerprint density at radius 1 is 1.43 bits per heavy atom. The van der Waals surface area contributed by atoms with Crippen LogP contribution in [0.2, 0.25) is 0 Å². The maximum atomic E-state index is 11.1. The summed E-state index contributed by atoms with van der Waals surface area (Å²) < 4.78 is 22.6. The second kappa shape index (κ2) is 4.91. The Morgan fingerprint density at radius 2 is 2.14 bits per heavy atom. The number of hydrogen-bond acceptors (Lipinski definition) is 3. The fraction of sp³-hybridized carbons (Fsp3) is 0.556. The van der Waals surface area contributed by atoms with E-state index in [9.17, 15) is 8.42 Å². The van der Waals surface area contributed by atoms with Crippen molar-refractivity contribution in [1.29, 1.82) is 0 Å². The topological polar surface area (TPSA) is 60.2 Å². The Balaban J connectivity index is 2.74. The summed E-state index contributed by atoms with van der Waals surface area (Å²) in [6.45, 7) is 2.12. The zero-order valence-electron chi connectivity index (χ0n) is 8.19. The molecule has 0 saturated carbocycles. The van der Waals surface area contributed by atoms with Crippen LogP contribution in [0.1, 0.15) is 31.7 Å².